The first-order valence-corrected chi connectivity index (χ1v) is 11.5. The molecule has 1 N–H and O–H groups in total. The van der Waals surface area contributed by atoms with Gasteiger partial charge in [0.05, 0.1) is 18.3 Å². The van der Waals surface area contributed by atoms with Crippen LogP contribution in [0.5, 0.6) is 0 Å². The molecule has 0 unspecified atom stereocenters. The van der Waals surface area contributed by atoms with Crippen molar-refractivity contribution in [3.8, 4) is 0 Å². The largest absolute Gasteiger partial charge is 0.348 e. The van der Waals surface area contributed by atoms with Crippen LogP contribution in [0.2, 0.25) is 0 Å². The zero-order valence-corrected chi connectivity index (χ0v) is 17.0. The third-order valence-corrected chi connectivity index (χ3v) is 7.54. The highest BCUT2D eigenvalue weighted by molar-refractivity contribution is 7.88. The fourth-order valence-electron chi connectivity index (χ4n) is 3.14. The molecule has 6 nitrogen and oxygen atoms in total. The summed E-state index contributed by atoms with van der Waals surface area (Å²) in [5.41, 5.74) is 0.793. The van der Waals surface area contributed by atoms with Gasteiger partial charge < -0.3 is 5.32 Å². The van der Waals surface area contributed by atoms with Gasteiger partial charge in [-0.3, -0.25) is 9.69 Å². The van der Waals surface area contributed by atoms with Crippen LogP contribution in [0.25, 0.3) is 0 Å². The summed E-state index contributed by atoms with van der Waals surface area (Å²) in [4.78, 5) is 15.4. The third-order valence-electron chi connectivity index (χ3n) is 4.63. The molecule has 8 heteroatoms. The monoisotopic (exact) mass is 407 g/mol. The smallest absolute Gasteiger partial charge is 0.234 e. The molecule has 1 atom stereocenters. The Balaban J connectivity index is 1.46. The molecule has 2 aromatic rings. The van der Waals surface area contributed by atoms with E-state index in [-0.39, 0.29) is 17.7 Å². The molecular weight excluding hydrogens is 382 g/mol. The highest BCUT2D eigenvalue weighted by Crippen LogP contribution is 2.18. The second-order valence-corrected chi connectivity index (χ2v) is 9.67. The van der Waals surface area contributed by atoms with Gasteiger partial charge in [-0.15, -0.1) is 11.3 Å². The van der Waals surface area contributed by atoms with Crippen LogP contribution in [0.1, 0.15) is 23.4 Å². The van der Waals surface area contributed by atoms with Gasteiger partial charge in [-0.25, -0.2) is 8.42 Å². The van der Waals surface area contributed by atoms with E-state index in [9.17, 15) is 13.2 Å². The summed E-state index contributed by atoms with van der Waals surface area (Å²) >= 11 is 1.62. The average Bonchev–Trinajstić information content (AvgIpc) is 3.17. The van der Waals surface area contributed by atoms with Crippen LogP contribution in [0.4, 0.5) is 0 Å². The lowest BCUT2D eigenvalue weighted by molar-refractivity contribution is -0.123. The third kappa shape index (κ3) is 5.62. The van der Waals surface area contributed by atoms with Crippen LogP contribution in [-0.2, 0) is 20.6 Å². The molecule has 1 amide bonds. The fourth-order valence-corrected chi connectivity index (χ4v) is 5.39. The van der Waals surface area contributed by atoms with Gasteiger partial charge in [-0.05, 0) is 23.9 Å². The van der Waals surface area contributed by atoms with E-state index < -0.39 is 10.0 Å². The Labute approximate surface area is 164 Å². The zero-order chi connectivity index (χ0) is 19.3. The Morgan fingerprint density at radius 1 is 1.11 bits per heavy atom. The molecule has 27 heavy (non-hydrogen) atoms. The summed E-state index contributed by atoms with van der Waals surface area (Å²) in [6.45, 7) is 4.23. The second kappa shape index (κ2) is 8.97. The van der Waals surface area contributed by atoms with Crippen molar-refractivity contribution in [3.63, 3.8) is 0 Å². The van der Waals surface area contributed by atoms with Gasteiger partial charge in [0.15, 0.2) is 0 Å². The van der Waals surface area contributed by atoms with E-state index in [1.807, 2.05) is 59.7 Å². The van der Waals surface area contributed by atoms with Crippen LogP contribution in [0.15, 0.2) is 47.8 Å². The van der Waals surface area contributed by atoms with Crippen LogP contribution >= 0.6 is 11.3 Å². The highest BCUT2D eigenvalue weighted by Gasteiger charge is 2.28. The Hall–Kier alpha value is -1.74. The van der Waals surface area contributed by atoms with Crippen molar-refractivity contribution in [3.05, 3.63) is 58.3 Å². The number of carbonyl (C=O) groups excluding carboxylic acids is 1. The SMILES string of the molecule is C[C@@H](NC(=O)CN1CCN(S(=O)(=O)Cc2ccccc2)CC1)c1cccs1. The van der Waals surface area contributed by atoms with Crippen molar-refractivity contribution in [2.45, 2.75) is 18.7 Å². The van der Waals surface area contributed by atoms with Crippen LogP contribution in [0.3, 0.4) is 0 Å². The Kier molecular flexibility index (Phi) is 6.64. The number of thiophene rings is 1. The van der Waals surface area contributed by atoms with Gasteiger partial charge in [0.25, 0.3) is 0 Å². The van der Waals surface area contributed by atoms with E-state index in [0.29, 0.717) is 32.7 Å². The molecule has 146 valence electrons. The van der Waals surface area contributed by atoms with Gasteiger partial charge in [-0.1, -0.05) is 36.4 Å². The zero-order valence-electron chi connectivity index (χ0n) is 15.4. The summed E-state index contributed by atoms with van der Waals surface area (Å²) < 4.78 is 26.7. The molecule has 1 aliphatic rings. The van der Waals surface area contributed by atoms with E-state index in [2.05, 4.69) is 5.32 Å². The number of carbonyl (C=O) groups is 1. The number of amides is 1. The van der Waals surface area contributed by atoms with Gasteiger partial charge in [-0.2, -0.15) is 4.31 Å². The van der Waals surface area contributed by atoms with Crippen molar-refractivity contribution in [2.24, 2.45) is 0 Å². The topological polar surface area (TPSA) is 69.7 Å². The Bertz CT molecular complexity index is 830. The normalized spacial score (nSPS) is 17.5. The maximum absolute atomic E-state index is 12.6. The molecule has 1 fully saturated rings. The molecule has 1 aromatic heterocycles. The van der Waals surface area contributed by atoms with Gasteiger partial charge in [0.1, 0.15) is 0 Å². The number of hydrogen-bond donors (Lipinski definition) is 1. The van der Waals surface area contributed by atoms with Gasteiger partial charge >= 0.3 is 0 Å². The van der Waals surface area contributed by atoms with Crippen LogP contribution in [0, 0.1) is 0 Å². The second-order valence-electron chi connectivity index (χ2n) is 6.72. The minimum Gasteiger partial charge on any atom is -0.348 e. The average molecular weight is 408 g/mol. The van der Waals surface area contributed by atoms with E-state index in [1.165, 1.54) is 4.31 Å². The minimum absolute atomic E-state index is 0.00922. The van der Waals surface area contributed by atoms with Crippen molar-refractivity contribution in [1.29, 1.82) is 0 Å². The quantitative estimate of drug-likeness (QED) is 0.763. The molecule has 0 bridgehead atoms. The number of hydrogen-bond acceptors (Lipinski definition) is 5. The van der Waals surface area contributed by atoms with Gasteiger partial charge in [0, 0.05) is 31.1 Å². The first-order valence-electron chi connectivity index (χ1n) is 9.01. The summed E-state index contributed by atoms with van der Waals surface area (Å²) in [6, 6.07) is 13.2. The first-order chi connectivity index (χ1) is 12.9. The number of piperazine rings is 1. The predicted octanol–water partition coefficient (Wildman–Crippen LogP) is 2.07. The number of sulfonamides is 1. The Morgan fingerprint density at radius 3 is 2.44 bits per heavy atom. The fraction of sp³-hybridized carbons (Fsp3) is 0.421. The number of nitrogens with one attached hydrogen (secondary N) is 1. The van der Waals surface area contributed by atoms with E-state index >= 15 is 0 Å². The molecule has 3 rings (SSSR count). The lowest BCUT2D eigenvalue weighted by atomic mass is 10.2. The predicted molar refractivity (Wildman–Crippen MR) is 108 cm³/mol. The minimum atomic E-state index is -3.33. The summed E-state index contributed by atoms with van der Waals surface area (Å²) in [5.74, 6) is -0.0105. The molecule has 1 saturated heterocycles. The maximum atomic E-state index is 12.6. The molecule has 2 heterocycles. The van der Waals surface area contributed by atoms with Crippen LogP contribution in [-0.4, -0.2) is 56.3 Å². The van der Waals surface area contributed by atoms with Crippen molar-refractivity contribution in [1.82, 2.24) is 14.5 Å². The molecule has 0 spiro atoms. The summed E-state index contributed by atoms with van der Waals surface area (Å²) in [6.07, 6.45) is 0. The van der Waals surface area contributed by atoms with Crippen LogP contribution < -0.4 is 5.32 Å². The highest BCUT2D eigenvalue weighted by atomic mass is 32.2. The Morgan fingerprint density at radius 2 is 1.81 bits per heavy atom. The summed E-state index contributed by atoms with van der Waals surface area (Å²) in [5, 5.41) is 4.99. The number of rotatable bonds is 7. The van der Waals surface area contributed by atoms with Gasteiger partial charge in [0.2, 0.25) is 15.9 Å². The number of nitrogens with zero attached hydrogens (tertiary/aromatic N) is 2. The molecule has 0 saturated carbocycles. The standard InChI is InChI=1S/C19H25N3O3S2/c1-16(18-8-5-13-26-18)20-19(23)14-21-9-11-22(12-10-21)27(24,25)15-17-6-3-2-4-7-17/h2-8,13,16H,9-12,14-15H2,1H3,(H,20,23)/t16-/m1/s1. The van der Waals surface area contributed by atoms with Crippen molar-refractivity contribution < 1.29 is 13.2 Å². The maximum Gasteiger partial charge on any atom is 0.234 e. The molecular formula is C19H25N3O3S2. The summed E-state index contributed by atoms with van der Waals surface area (Å²) in [7, 11) is -3.33. The number of benzene rings is 1. The first kappa shape index (κ1) is 20.0. The molecule has 0 radical (unpaired) electrons. The van der Waals surface area contributed by atoms with Crippen molar-refractivity contribution in [2.75, 3.05) is 32.7 Å². The van der Waals surface area contributed by atoms with E-state index in [4.69, 9.17) is 0 Å². The molecule has 1 aliphatic heterocycles. The van der Waals surface area contributed by atoms with E-state index in [0.717, 1.165) is 10.4 Å². The lowest BCUT2D eigenvalue weighted by Gasteiger charge is -2.33. The lowest BCUT2D eigenvalue weighted by Crippen LogP contribution is -2.51. The van der Waals surface area contributed by atoms with E-state index in [1.54, 1.807) is 11.3 Å². The molecule has 1 aromatic carbocycles. The van der Waals surface area contributed by atoms with Crippen molar-refractivity contribution >= 4 is 27.3 Å². The molecule has 0 aliphatic carbocycles.